The number of halogens is 1. The molecule has 45 heavy (non-hydrogen) atoms. The van der Waals surface area contributed by atoms with E-state index in [-0.39, 0.29) is 11.4 Å². The number of piperidine rings is 1. The molecule has 2 amide bonds. The van der Waals surface area contributed by atoms with Crippen LogP contribution in [0.15, 0.2) is 72.0 Å². The number of ether oxygens (including phenoxy) is 4. The van der Waals surface area contributed by atoms with Gasteiger partial charge in [0.05, 0.1) is 32.6 Å². The number of hydrogen-bond donors (Lipinski definition) is 2. The number of methoxy groups -OCH3 is 2. The molecule has 1 aromatic heterocycles. The maximum absolute atomic E-state index is 15.1. The van der Waals surface area contributed by atoms with Crippen LogP contribution in [0.2, 0.25) is 0 Å². The van der Waals surface area contributed by atoms with Gasteiger partial charge in [0.15, 0.2) is 23.1 Å². The van der Waals surface area contributed by atoms with Crippen LogP contribution in [0.1, 0.15) is 31.7 Å². The van der Waals surface area contributed by atoms with Gasteiger partial charge in [-0.1, -0.05) is 6.92 Å². The highest BCUT2D eigenvalue weighted by atomic mass is 19.1. The Hall–Kier alpha value is -4.90. The van der Waals surface area contributed by atoms with Crippen molar-refractivity contribution in [1.29, 1.82) is 0 Å². The minimum absolute atomic E-state index is 0.0163. The van der Waals surface area contributed by atoms with Crippen molar-refractivity contribution in [2.45, 2.75) is 26.2 Å². The average molecular weight is 616 g/mol. The normalized spacial score (nSPS) is 14.0. The van der Waals surface area contributed by atoms with E-state index < -0.39 is 11.8 Å². The quantitative estimate of drug-likeness (QED) is 0.102. The van der Waals surface area contributed by atoms with Gasteiger partial charge in [0.1, 0.15) is 11.5 Å². The Kier molecular flexibility index (Phi) is 10.7. The molecular weight excluding hydrogens is 577 g/mol. The molecule has 4 aromatic rings. The Bertz CT molecular complexity index is 1620. The second kappa shape index (κ2) is 15.2. The fraction of sp³-hybridized carbons (Fsp3) is 0.324. The molecule has 1 fully saturated rings. The van der Waals surface area contributed by atoms with E-state index in [0.717, 1.165) is 37.5 Å². The summed E-state index contributed by atoms with van der Waals surface area (Å²) >= 11 is 0. The van der Waals surface area contributed by atoms with Crippen molar-refractivity contribution >= 4 is 28.8 Å². The van der Waals surface area contributed by atoms with E-state index in [1.807, 2.05) is 6.07 Å². The van der Waals surface area contributed by atoms with Crippen LogP contribution in [0.25, 0.3) is 10.9 Å². The predicted molar refractivity (Wildman–Crippen MR) is 172 cm³/mol. The van der Waals surface area contributed by atoms with Crippen molar-refractivity contribution in [2.24, 2.45) is 11.0 Å². The van der Waals surface area contributed by atoms with Gasteiger partial charge in [0.2, 0.25) is 0 Å². The zero-order valence-electron chi connectivity index (χ0n) is 25.7. The first-order valence-electron chi connectivity index (χ1n) is 14.9. The molecule has 236 valence electrons. The molecule has 3 aromatic carbocycles. The maximum atomic E-state index is 15.1. The fourth-order valence-corrected chi connectivity index (χ4v) is 5.04. The minimum Gasteiger partial charge on any atom is -0.497 e. The number of anilines is 1. The van der Waals surface area contributed by atoms with Crippen molar-refractivity contribution in [1.82, 2.24) is 15.3 Å². The molecular formula is C34H38FN5O5. The first kappa shape index (κ1) is 31.5. The summed E-state index contributed by atoms with van der Waals surface area (Å²) in [5.41, 5.74) is 3.98. The second-order valence-electron chi connectivity index (χ2n) is 10.9. The molecule has 0 saturated carbocycles. The third-order valence-electron chi connectivity index (χ3n) is 7.64. The molecule has 0 radical (unpaired) electrons. The largest absolute Gasteiger partial charge is 0.497 e. The Balaban J connectivity index is 1.18. The molecule has 0 atom stereocenters. The number of carbonyl (C=O) groups is 1. The number of nitrogens with zero attached hydrogens (tertiary/aromatic N) is 3. The molecule has 2 N–H and O–H groups in total. The zero-order valence-corrected chi connectivity index (χ0v) is 25.7. The average Bonchev–Trinajstić information content (AvgIpc) is 3.05. The number of hydrazone groups is 1. The monoisotopic (exact) mass is 615 g/mol. The third kappa shape index (κ3) is 8.60. The Morgan fingerprint density at radius 1 is 1.00 bits per heavy atom. The SMILES string of the molecule is COc1ccc(/C=N/NC(=O)Nc2ccc(Oc3ccnc4cc(OCCCN5CCC(C)CC5)c(OC)cc34)c(F)c2)cc1. The number of benzene rings is 3. The van der Waals surface area contributed by atoms with Gasteiger partial charge in [-0.25, -0.2) is 14.6 Å². The number of carbonyl (C=O) groups excluding carboxylic acids is 1. The lowest BCUT2D eigenvalue weighted by Crippen LogP contribution is -2.34. The molecule has 0 unspecified atom stereocenters. The number of aromatic nitrogens is 1. The summed E-state index contributed by atoms with van der Waals surface area (Å²) in [6, 6.07) is 15.9. The lowest BCUT2D eigenvalue weighted by Gasteiger charge is -2.30. The number of urea groups is 1. The molecule has 0 spiro atoms. The number of nitrogens with one attached hydrogen (secondary N) is 2. The van der Waals surface area contributed by atoms with Gasteiger partial charge in [0, 0.05) is 35.9 Å². The van der Waals surface area contributed by atoms with Crippen LogP contribution in [0.4, 0.5) is 14.9 Å². The summed E-state index contributed by atoms with van der Waals surface area (Å²) < 4.78 is 37.8. The number of amides is 2. The minimum atomic E-state index is -0.658. The van der Waals surface area contributed by atoms with E-state index in [1.54, 1.807) is 56.8 Å². The van der Waals surface area contributed by atoms with Gasteiger partial charge in [0.25, 0.3) is 0 Å². The standard InChI is InChI=1S/C34H38FN5O5/c1-23-12-16-40(17-13-23)15-4-18-44-33-21-29-27(20-32(33)43-3)30(11-14-36-29)45-31-10-7-25(19-28(31)35)38-34(41)39-37-22-24-5-8-26(42-2)9-6-24/h5-11,14,19-23H,4,12-13,15-18H2,1-3H3,(H2,38,39,41)/b37-22+. The molecule has 2 heterocycles. The van der Waals surface area contributed by atoms with E-state index in [9.17, 15) is 4.79 Å². The summed E-state index contributed by atoms with van der Waals surface area (Å²) in [5, 5.41) is 7.09. The molecule has 5 rings (SSSR count). The van der Waals surface area contributed by atoms with Crippen LogP contribution in [0.3, 0.4) is 0 Å². The van der Waals surface area contributed by atoms with Crippen molar-refractivity contribution in [3.05, 3.63) is 78.2 Å². The van der Waals surface area contributed by atoms with E-state index in [4.69, 9.17) is 18.9 Å². The Labute approximate surface area is 262 Å². The Morgan fingerprint density at radius 2 is 1.80 bits per heavy atom. The highest BCUT2D eigenvalue weighted by Crippen LogP contribution is 2.38. The molecule has 0 bridgehead atoms. The first-order chi connectivity index (χ1) is 21.9. The number of hydrogen-bond acceptors (Lipinski definition) is 8. The van der Waals surface area contributed by atoms with E-state index >= 15 is 4.39 Å². The van der Waals surface area contributed by atoms with Crippen molar-refractivity contribution in [3.8, 4) is 28.7 Å². The van der Waals surface area contributed by atoms with Crippen molar-refractivity contribution in [2.75, 3.05) is 45.8 Å². The highest BCUT2D eigenvalue weighted by Gasteiger charge is 2.17. The van der Waals surface area contributed by atoms with Crippen LogP contribution in [-0.2, 0) is 0 Å². The summed E-state index contributed by atoms with van der Waals surface area (Å²) in [5.74, 6) is 2.38. The number of likely N-dealkylation sites (tertiary alicyclic amines) is 1. The molecule has 1 saturated heterocycles. The van der Waals surface area contributed by atoms with Gasteiger partial charge >= 0.3 is 6.03 Å². The van der Waals surface area contributed by atoms with Gasteiger partial charge < -0.3 is 29.2 Å². The van der Waals surface area contributed by atoms with Crippen LogP contribution in [0.5, 0.6) is 28.7 Å². The van der Waals surface area contributed by atoms with Gasteiger partial charge in [-0.15, -0.1) is 0 Å². The topological polar surface area (TPSA) is 107 Å². The lowest BCUT2D eigenvalue weighted by molar-refractivity contribution is 0.176. The van der Waals surface area contributed by atoms with Gasteiger partial charge in [-0.2, -0.15) is 5.10 Å². The zero-order chi connectivity index (χ0) is 31.6. The molecule has 1 aliphatic heterocycles. The van der Waals surface area contributed by atoms with Crippen LogP contribution in [0, 0.1) is 11.7 Å². The second-order valence-corrected chi connectivity index (χ2v) is 10.9. The molecule has 1 aliphatic rings. The molecule has 10 nitrogen and oxygen atoms in total. The molecule has 0 aliphatic carbocycles. The summed E-state index contributed by atoms with van der Waals surface area (Å²) in [6.45, 7) is 6.16. The highest BCUT2D eigenvalue weighted by molar-refractivity contribution is 5.91. The fourth-order valence-electron chi connectivity index (χ4n) is 5.04. The van der Waals surface area contributed by atoms with E-state index in [0.29, 0.717) is 40.5 Å². The third-order valence-corrected chi connectivity index (χ3v) is 7.64. The number of pyridine rings is 1. The van der Waals surface area contributed by atoms with Crippen LogP contribution >= 0.6 is 0 Å². The van der Waals surface area contributed by atoms with Crippen molar-refractivity contribution in [3.63, 3.8) is 0 Å². The summed E-state index contributed by atoms with van der Waals surface area (Å²) in [7, 11) is 3.16. The lowest BCUT2D eigenvalue weighted by atomic mass is 9.99. The predicted octanol–water partition coefficient (Wildman–Crippen LogP) is 6.84. The molecule has 11 heteroatoms. The smallest absolute Gasteiger partial charge is 0.339 e. The maximum Gasteiger partial charge on any atom is 0.339 e. The Morgan fingerprint density at radius 3 is 2.53 bits per heavy atom. The number of rotatable bonds is 12. The summed E-state index contributed by atoms with van der Waals surface area (Å²) in [6.07, 6.45) is 6.49. The van der Waals surface area contributed by atoms with Gasteiger partial charge in [-0.05, 0) is 92.4 Å². The first-order valence-corrected chi connectivity index (χ1v) is 14.9. The van der Waals surface area contributed by atoms with E-state index in [2.05, 4.69) is 32.7 Å². The number of fused-ring (bicyclic) bond motifs is 1. The van der Waals surface area contributed by atoms with Crippen LogP contribution in [-0.4, -0.2) is 62.6 Å². The van der Waals surface area contributed by atoms with Crippen LogP contribution < -0.4 is 29.7 Å². The van der Waals surface area contributed by atoms with Gasteiger partial charge in [-0.3, -0.25) is 4.98 Å². The van der Waals surface area contributed by atoms with E-state index in [1.165, 1.54) is 37.3 Å². The summed E-state index contributed by atoms with van der Waals surface area (Å²) in [4.78, 5) is 19.2. The van der Waals surface area contributed by atoms with Crippen molar-refractivity contribution < 1.29 is 28.1 Å².